The van der Waals surface area contributed by atoms with Crippen LogP contribution in [-0.2, 0) is 11.3 Å². The quantitative estimate of drug-likeness (QED) is 0.830. The molecule has 0 amide bonds. The van der Waals surface area contributed by atoms with Gasteiger partial charge in [-0.2, -0.15) is 0 Å². The fraction of sp³-hybridized carbons (Fsp3) is 0.833. The molecule has 6 nitrogen and oxygen atoms in total. The lowest BCUT2D eigenvalue weighted by Gasteiger charge is -2.33. The summed E-state index contributed by atoms with van der Waals surface area (Å²) in [6, 6.07) is 0.888. The molecule has 2 N–H and O–H groups in total. The fourth-order valence-electron chi connectivity index (χ4n) is 1.77. The standard InChI is InChI=1S/C12H22N4O2/c1-12(2,3)13-7-10-15-16-11(18-10)14-8-5-9(6-8)17-4/h8-9,13H,5-7H2,1-4H3,(H,14,16). The number of aromatic nitrogens is 2. The first-order valence-corrected chi connectivity index (χ1v) is 6.33. The molecular formula is C12H22N4O2. The van der Waals surface area contributed by atoms with Crippen LogP contribution < -0.4 is 10.6 Å². The Morgan fingerprint density at radius 3 is 2.67 bits per heavy atom. The summed E-state index contributed by atoms with van der Waals surface area (Å²) in [6.45, 7) is 6.88. The number of methoxy groups -OCH3 is 1. The maximum Gasteiger partial charge on any atom is 0.315 e. The largest absolute Gasteiger partial charge is 0.407 e. The van der Waals surface area contributed by atoms with Gasteiger partial charge < -0.3 is 19.8 Å². The van der Waals surface area contributed by atoms with Crippen LogP contribution in [0.4, 0.5) is 6.01 Å². The third-order valence-electron chi connectivity index (χ3n) is 2.99. The van der Waals surface area contributed by atoms with Crippen molar-refractivity contribution in [2.24, 2.45) is 0 Å². The summed E-state index contributed by atoms with van der Waals surface area (Å²) >= 11 is 0. The molecule has 0 radical (unpaired) electrons. The Morgan fingerprint density at radius 2 is 2.06 bits per heavy atom. The first-order chi connectivity index (χ1) is 8.46. The van der Waals surface area contributed by atoms with E-state index in [0.29, 0.717) is 30.6 Å². The van der Waals surface area contributed by atoms with Crippen molar-refractivity contribution in [1.29, 1.82) is 0 Å². The average Bonchev–Trinajstić information content (AvgIpc) is 2.67. The summed E-state index contributed by atoms with van der Waals surface area (Å²) in [5.74, 6) is 0.607. The molecule has 0 spiro atoms. The third-order valence-corrected chi connectivity index (χ3v) is 2.99. The van der Waals surface area contributed by atoms with Crippen LogP contribution in [0.25, 0.3) is 0 Å². The highest BCUT2D eigenvalue weighted by Gasteiger charge is 2.30. The second-order valence-corrected chi connectivity index (χ2v) is 5.77. The van der Waals surface area contributed by atoms with Gasteiger partial charge in [0.2, 0.25) is 5.89 Å². The SMILES string of the molecule is COC1CC(Nc2nnc(CNC(C)(C)C)o2)C1. The van der Waals surface area contributed by atoms with Crippen molar-refractivity contribution in [3.8, 4) is 0 Å². The normalized spacial score (nSPS) is 23.8. The van der Waals surface area contributed by atoms with E-state index in [1.165, 1.54) is 0 Å². The second kappa shape index (κ2) is 5.24. The van der Waals surface area contributed by atoms with Gasteiger partial charge in [0.15, 0.2) is 0 Å². The van der Waals surface area contributed by atoms with Crippen molar-refractivity contribution in [1.82, 2.24) is 15.5 Å². The smallest absolute Gasteiger partial charge is 0.315 e. The van der Waals surface area contributed by atoms with Crippen molar-refractivity contribution >= 4 is 6.01 Å². The van der Waals surface area contributed by atoms with Crippen LogP contribution in [0, 0.1) is 0 Å². The monoisotopic (exact) mass is 254 g/mol. The molecule has 1 fully saturated rings. The minimum Gasteiger partial charge on any atom is -0.407 e. The predicted molar refractivity (Wildman–Crippen MR) is 68.3 cm³/mol. The van der Waals surface area contributed by atoms with E-state index in [9.17, 15) is 0 Å². The molecule has 2 rings (SSSR count). The zero-order valence-electron chi connectivity index (χ0n) is 11.5. The van der Waals surface area contributed by atoms with Gasteiger partial charge in [0.05, 0.1) is 12.6 Å². The first kappa shape index (κ1) is 13.3. The molecule has 18 heavy (non-hydrogen) atoms. The molecule has 1 aromatic heterocycles. The molecule has 0 atom stereocenters. The van der Waals surface area contributed by atoms with Gasteiger partial charge in [0.1, 0.15) is 0 Å². The molecular weight excluding hydrogens is 232 g/mol. The Kier molecular flexibility index (Phi) is 3.87. The van der Waals surface area contributed by atoms with Gasteiger partial charge in [0.25, 0.3) is 0 Å². The van der Waals surface area contributed by atoms with E-state index in [2.05, 4.69) is 41.6 Å². The number of hydrogen-bond acceptors (Lipinski definition) is 6. The molecule has 0 saturated heterocycles. The summed E-state index contributed by atoms with van der Waals surface area (Å²) in [5, 5.41) is 14.5. The van der Waals surface area contributed by atoms with Crippen molar-refractivity contribution in [3.63, 3.8) is 0 Å². The van der Waals surface area contributed by atoms with Gasteiger partial charge >= 0.3 is 6.01 Å². The highest BCUT2D eigenvalue weighted by molar-refractivity contribution is 5.21. The lowest BCUT2D eigenvalue weighted by atomic mass is 9.89. The van der Waals surface area contributed by atoms with Crippen molar-refractivity contribution in [2.75, 3.05) is 12.4 Å². The lowest BCUT2D eigenvalue weighted by molar-refractivity contribution is 0.0323. The zero-order chi connectivity index (χ0) is 13.2. The molecule has 0 bridgehead atoms. The van der Waals surface area contributed by atoms with E-state index in [1.54, 1.807) is 7.11 Å². The number of rotatable bonds is 5. The maximum absolute atomic E-state index is 5.52. The van der Waals surface area contributed by atoms with E-state index in [4.69, 9.17) is 9.15 Å². The number of anilines is 1. The molecule has 1 heterocycles. The van der Waals surface area contributed by atoms with E-state index in [-0.39, 0.29) is 5.54 Å². The van der Waals surface area contributed by atoms with Gasteiger partial charge in [-0.05, 0) is 33.6 Å². The van der Waals surface area contributed by atoms with Crippen LogP contribution >= 0.6 is 0 Å². The predicted octanol–water partition coefficient (Wildman–Crippen LogP) is 1.55. The minimum absolute atomic E-state index is 0.0434. The van der Waals surface area contributed by atoms with Crippen LogP contribution in [0.2, 0.25) is 0 Å². The molecule has 1 aromatic rings. The number of ether oxygens (including phenoxy) is 1. The molecule has 0 aliphatic heterocycles. The number of nitrogens with one attached hydrogen (secondary N) is 2. The van der Waals surface area contributed by atoms with Crippen molar-refractivity contribution in [2.45, 2.75) is 57.8 Å². The molecule has 0 aromatic carbocycles. The van der Waals surface area contributed by atoms with Gasteiger partial charge in [0, 0.05) is 18.7 Å². The summed E-state index contributed by atoms with van der Waals surface area (Å²) in [7, 11) is 1.74. The molecule has 6 heteroatoms. The van der Waals surface area contributed by atoms with Crippen LogP contribution in [0.15, 0.2) is 4.42 Å². The highest BCUT2D eigenvalue weighted by Crippen LogP contribution is 2.25. The van der Waals surface area contributed by atoms with Crippen LogP contribution in [-0.4, -0.2) is 35.0 Å². The van der Waals surface area contributed by atoms with Gasteiger partial charge in [-0.3, -0.25) is 0 Å². The maximum atomic E-state index is 5.52. The summed E-state index contributed by atoms with van der Waals surface area (Å²) in [6.07, 6.45) is 2.36. The molecule has 1 saturated carbocycles. The first-order valence-electron chi connectivity index (χ1n) is 6.33. The topological polar surface area (TPSA) is 72.2 Å². The lowest BCUT2D eigenvalue weighted by Crippen LogP contribution is -2.40. The second-order valence-electron chi connectivity index (χ2n) is 5.77. The van der Waals surface area contributed by atoms with Gasteiger partial charge in [-0.15, -0.1) is 5.10 Å². The van der Waals surface area contributed by atoms with E-state index in [1.807, 2.05) is 0 Å². The zero-order valence-corrected chi connectivity index (χ0v) is 11.5. The Morgan fingerprint density at radius 1 is 1.33 bits per heavy atom. The van der Waals surface area contributed by atoms with Gasteiger partial charge in [-0.1, -0.05) is 5.10 Å². The molecule has 102 valence electrons. The minimum atomic E-state index is 0.0434. The van der Waals surface area contributed by atoms with Crippen molar-refractivity contribution < 1.29 is 9.15 Å². The van der Waals surface area contributed by atoms with Crippen LogP contribution in [0.1, 0.15) is 39.5 Å². The molecule has 1 aliphatic rings. The molecule has 0 unspecified atom stereocenters. The Labute approximate surface area is 107 Å². The van der Waals surface area contributed by atoms with Crippen LogP contribution in [0.5, 0.6) is 0 Å². The summed E-state index contributed by atoms with van der Waals surface area (Å²) in [4.78, 5) is 0. The van der Waals surface area contributed by atoms with Crippen molar-refractivity contribution in [3.05, 3.63) is 5.89 Å². The Bertz CT molecular complexity index is 380. The Balaban J connectivity index is 1.76. The van der Waals surface area contributed by atoms with E-state index >= 15 is 0 Å². The highest BCUT2D eigenvalue weighted by atomic mass is 16.5. The Hall–Kier alpha value is -1.14. The molecule has 1 aliphatic carbocycles. The van der Waals surface area contributed by atoms with E-state index < -0.39 is 0 Å². The third kappa shape index (κ3) is 3.68. The average molecular weight is 254 g/mol. The van der Waals surface area contributed by atoms with Crippen LogP contribution in [0.3, 0.4) is 0 Å². The summed E-state index contributed by atoms with van der Waals surface area (Å²) < 4.78 is 10.7. The number of nitrogens with zero attached hydrogens (tertiary/aromatic N) is 2. The fourth-order valence-corrected chi connectivity index (χ4v) is 1.77. The van der Waals surface area contributed by atoms with Gasteiger partial charge in [-0.25, -0.2) is 0 Å². The van der Waals surface area contributed by atoms with E-state index in [0.717, 1.165) is 12.8 Å². The summed E-state index contributed by atoms with van der Waals surface area (Å²) in [5.41, 5.74) is 0.0434. The number of hydrogen-bond donors (Lipinski definition) is 2.